The number of anilines is 2. The summed E-state index contributed by atoms with van der Waals surface area (Å²) in [6.45, 7) is 1.79. The number of hydrogen-bond acceptors (Lipinski definition) is 5. The summed E-state index contributed by atoms with van der Waals surface area (Å²) < 4.78 is 22.9. The molecule has 1 unspecified atom stereocenters. The van der Waals surface area contributed by atoms with Gasteiger partial charge in [0.25, 0.3) is 0 Å². The molecule has 1 atom stereocenters. The van der Waals surface area contributed by atoms with Crippen LogP contribution < -0.4 is 11.1 Å². The molecule has 0 aliphatic rings. The molecule has 3 N–H and O–H groups in total. The molecule has 7 heteroatoms. The Labute approximate surface area is 103 Å². The largest absolute Gasteiger partial charge is 0.396 e. The SMILES string of the molecule is CC(CS(C)(=O)=O)Nc1c(N)cncc1Br. The van der Waals surface area contributed by atoms with Crippen molar-refractivity contribution in [1.29, 1.82) is 0 Å². The van der Waals surface area contributed by atoms with Gasteiger partial charge in [-0.25, -0.2) is 8.42 Å². The van der Waals surface area contributed by atoms with Crippen LogP contribution in [0.25, 0.3) is 0 Å². The highest BCUT2D eigenvalue weighted by Crippen LogP contribution is 2.27. The van der Waals surface area contributed by atoms with Crippen LogP contribution in [0.1, 0.15) is 6.92 Å². The predicted molar refractivity (Wildman–Crippen MR) is 69.1 cm³/mol. The van der Waals surface area contributed by atoms with E-state index >= 15 is 0 Å². The number of pyridine rings is 1. The number of nitrogen functional groups attached to an aromatic ring is 1. The molecule has 0 saturated carbocycles. The molecule has 90 valence electrons. The Hall–Kier alpha value is -0.820. The highest BCUT2D eigenvalue weighted by atomic mass is 79.9. The lowest BCUT2D eigenvalue weighted by molar-refractivity contribution is 0.598. The second kappa shape index (κ2) is 5.01. The van der Waals surface area contributed by atoms with Gasteiger partial charge in [0.1, 0.15) is 9.84 Å². The van der Waals surface area contributed by atoms with Gasteiger partial charge in [-0.3, -0.25) is 4.98 Å². The third-order valence-corrected chi connectivity index (χ3v) is 3.58. The molecule has 0 amide bonds. The Bertz CT molecular complexity index is 455. The normalized spacial score (nSPS) is 13.4. The molecule has 5 nitrogen and oxygen atoms in total. The lowest BCUT2D eigenvalue weighted by Gasteiger charge is -2.16. The first kappa shape index (κ1) is 13.2. The molecule has 0 spiro atoms. The van der Waals surface area contributed by atoms with Crippen LogP contribution in [0.5, 0.6) is 0 Å². The summed E-state index contributed by atoms with van der Waals surface area (Å²) in [5.74, 6) is 0.0567. The van der Waals surface area contributed by atoms with Crippen LogP contribution in [0.4, 0.5) is 11.4 Å². The summed E-state index contributed by atoms with van der Waals surface area (Å²) in [4.78, 5) is 3.90. The van der Waals surface area contributed by atoms with Crippen molar-refractivity contribution in [2.24, 2.45) is 0 Å². The van der Waals surface area contributed by atoms with E-state index in [2.05, 4.69) is 26.2 Å². The van der Waals surface area contributed by atoms with Gasteiger partial charge < -0.3 is 11.1 Å². The van der Waals surface area contributed by atoms with Crippen molar-refractivity contribution in [3.05, 3.63) is 16.9 Å². The van der Waals surface area contributed by atoms with Crippen LogP contribution in [0, 0.1) is 0 Å². The fourth-order valence-corrected chi connectivity index (χ4v) is 2.80. The van der Waals surface area contributed by atoms with Crippen LogP contribution in [0.15, 0.2) is 16.9 Å². The lowest BCUT2D eigenvalue weighted by Crippen LogP contribution is -2.25. The van der Waals surface area contributed by atoms with Crippen LogP contribution in [0.2, 0.25) is 0 Å². The summed E-state index contributed by atoms with van der Waals surface area (Å²) >= 11 is 3.30. The van der Waals surface area contributed by atoms with E-state index in [-0.39, 0.29) is 11.8 Å². The first-order chi connectivity index (χ1) is 7.29. The molecule has 1 aromatic heterocycles. The summed E-state index contributed by atoms with van der Waals surface area (Å²) in [6.07, 6.45) is 4.32. The van der Waals surface area contributed by atoms with Crippen molar-refractivity contribution in [1.82, 2.24) is 4.98 Å². The van der Waals surface area contributed by atoms with Gasteiger partial charge in [0.2, 0.25) is 0 Å². The van der Waals surface area contributed by atoms with E-state index in [1.54, 1.807) is 13.1 Å². The molecule has 1 rings (SSSR count). The molecule has 1 heterocycles. The second-order valence-electron chi connectivity index (χ2n) is 3.72. The van der Waals surface area contributed by atoms with E-state index in [1.807, 2.05) is 0 Å². The van der Waals surface area contributed by atoms with Crippen molar-refractivity contribution in [2.45, 2.75) is 13.0 Å². The number of nitrogens with one attached hydrogen (secondary N) is 1. The van der Waals surface area contributed by atoms with Crippen molar-refractivity contribution >= 4 is 37.1 Å². The van der Waals surface area contributed by atoms with E-state index in [0.29, 0.717) is 15.8 Å². The summed E-state index contributed by atoms with van der Waals surface area (Å²) in [6, 6.07) is -0.212. The number of hydrogen-bond donors (Lipinski definition) is 2. The van der Waals surface area contributed by atoms with E-state index in [1.165, 1.54) is 12.5 Å². The number of nitrogens with two attached hydrogens (primary N) is 1. The van der Waals surface area contributed by atoms with Crippen LogP contribution in [0.3, 0.4) is 0 Å². The third-order valence-electron chi connectivity index (χ3n) is 1.87. The van der Waals surface area contributed by atoms with Gasteiger partial charge in [-0.1, -0.05) is 0 Å². The fraction of sp³-hybridized carbons (Fsp3) is 0.444. The number of aromatic nitrogens is 1. The zero-order valence-electron chi connectivity index (χ0n) is 9.07. The zero-order valence-corrected chi connectivity index (χ0v) is 11.5. The second-order valence-corrected chi connectivity index (χ2v) is 6.76. The first-order valence-electron chi connectivity index (χ1n) is 4.63. The van der Waals surface area contributed by atoms with Gasteiger partial charge in [-0.2, -0.15) is 0 Å². The monoisotopic (exact) mass is 307 g/mol. The Balaban J connectivity index is 2.81. The van der Waals surface area contributed by atoms with E-state index < -0.39 is 9.84 Å². The third kappa shape index (κ3) is 3.97. The minimum absolute atomic E-state index is 0.0567. The van der Waals surface area contributed by atoms with Crippen molar-refractivity contribution in [3.63, 3.8) is 0 Å². The lowest BCUT2D eigenvalue weighted by atomic mass is 10.3. The number of rotatable bonds is 4. The quantitative estimate of drug-likeness (QED) is 0.875. The maximum atomic E-state index is 11.1. The van der Waals surface area contributed by atoms with E-state index in [0.717, 1.165) is 0 Å². The number of halogens is 1. The molecule has 0 aromatic carbocycles. The smallest absolute Gasteiger partial charge is 0.149 e. The minimum atomic E-state index is -3.00. The van der Waals surface area contributed by atoms with Gasteiger partial charge in [0, 0.05) is 18.5 Å². The Morgan fingerprint density at radius 2 is 2.19 bits per heavy atom. The van der Waals surface area contributed by atoms with Gasteiger partial charge >= 0.3 is 0 Å². The molecule has 1 aromatic rings. The first-order valence-corrected chi connectivity index (χ1v) is 7.48. The average Bonchev–Trinajstić information content (AvgIpc) is 2.08. The molecule has 0 aliphatic carbocycles. The summed E-state index contributed by atoms with van der Waals surface area (Å²) in [5, 5.41) is 3.04. The average molecular weight is 308 g/mol. The van der Waals surface area contributed by atoms with Crippen LogP contribution in [-0.4, -0.2) is 31.5 Å². The van der Waals surface area contributed by atoms with Gasteiger partial charge in [-0.15, -0.1) is 0 Å². The standard InChI is InChI=1S/C9H14BrN3O2S/c1-6(5-16(2,14)15)13-9-7(10)3-12-4-8(9)11/h3-4,6H,5,11H2,1-2H3,(H,12,13). The highest BCUT2D eigenvalue weighted by Gasteiger charge is 2.13. The molecule has 0 radical (unpaired) electrons. The summed E-state index contributed by atoms with van der Waals surface area (Å²) in [7, 11) is -3.00. The topological polar surface area (TPSA) is 85.1 Å². The Kier molecular flexibility index (Phi) is 4.15. The van der Waals surface area contributed by atoms with E-state index in [4.69, 9.17) is 5.73 Å². The molecule has 16 heavy (non-hydrogen) atoms. The molecular formula is C9H14BrN3O2S. The van der Waals surface area contributed by atoms with Crippen molar-refractivity contribution in [3.8, 4) is 0 Å². The van der Waals surface area contributed by atoms with Crippen LogP contribution in [-0.2, 0) is 9.84 Å². The predicted octanol–water partition coefficient (Wildman–Crippen LogP) is 1.27. The molecular weight excluding hydrogens is 294 g/mol. The molecule has 0 aliphatic heterocycles. The van der Waals surface area contributed by atoms with Gasteiger partial charge in [0.05, 0.1) is 27.8 Å². The van der Waals surface area contributed by atoms with E-state index in [9.17, 15) is 8.42 Å². The highest BCUT2D eigenvalue weighted by molar-refractivity contribution is 9.10. The number of sulfone groups is 1. The van der Waals surface area contributed by atoms with Crippen molar-refractivity contribution in [2.75, 3.05) is 23.1 Å². The molecule has 0 saturated heterocycles. The molecule has 0 bridgehead atoms. The maximum absolute atomic E-state index is 11.1. The maximum Gasteiger partial charge on any atom is 0.149 e. The minimum Gasteiger partial charge on any atom is -0.396 e. The fourth-order valence-electron chi connectivity index (χ4n) is 1.34. The van der Waals surface area contributed by atoms with Gasteiger partial charge in [-0.05, 0) is 22.9 Å². The Morgan fingerprint density at radius 1 is 1.56 bits per heavy atom. The zero-order chi connectivity index (χ0) is 12.3. The molecule has 0 fully saturated rings. The number of nitrogens with zero attached hydrogens (tertiary/aromatic N) is 1. The summed E-state index contributed by atoms with van der Waals surface area (Å²) in [5.41, 5.74) is 6.88. The Morgan fingerprint density at radius 3 is 2.69 bits per heavy atom. The van der Waals surface area contributed by atoms with Gasteiger partial charge in [0.15, 0.2) is 0 Å². The van der Waals surface area contributed by atoms with Crippen LogP contribution >= 0.6 is 15.9 Å². The van der Waals surface area contributed by atoms with Crippen molar-refractivity contribution < 1.29 is 8.42 Å².